The number of nitrogens with zero attached hydrogens (tertiary/aromatic N) is 2. The van der Waals surface area contributed by atoms with Gasteiger partial charge in [-0.05, 0) is 5.56 Å². The maximum Gasteiger partial charge on any atom is 0.409 e. The number of benzene rings is 1. The van der Waals surface area contributed by atoms with E-state index in [0.717, 1.165) is 12.1 Å². The molecule has 0 spiro atoms. The van der Waals surface area contributed by atoms with Crippen molar-refractivity contribution in [3.63, 3.8) is 0 Å². The van der Waals surface area contributed by atoms with Gasteiger partial charge in [0, 0.05) is 38.1 Å². The first-order valence-corrected chi connectivity index (χ1v) is 7.53. The van der Waals surface area contributed by atoms with Crippen molar-refractivity contribution >= 4 is 12.0 Å². The van der Waals surface area contributed by atoms with E-state index in [1.807, 2.05) is 30.3 Å². The highest BCUT2D eigenvalue weighted by Crippen LogP contribution is 2.39. The molecule has 22 heavy (non-hydrogen) atoms. The Labute approximate surface area is 129 Å². The highest BCUT2D eigenvalue weighted by molar-refractivity contribution is 5.79. The lowest BCUT2D eigenvalue weighted by atomic mass is 9.83. The van der Waals surface area contributed by atoms with Crippen LogP contribution < -0.4 is 5.73 Å². The maximum absolute atomic E-state index is 11.9. The SMILES string of the molecule is COC(=O)N1CCN2C[C@@H](C(N)=O)[C@H](c3ccccc3)[C@H]2C1. The molecule has 0 unspecified atom stereocenters. The third-order valence-corrected chi connectivity index (χ3v) is 4.80. The summed E-state index contributed by atoms with van der Waals surface area (Å²) < 4.78 is 4.83. The van der Waals surface area contributed by atoms with Crippen molar-refractivity contribution in [2.24, 2.45) is 11.7 Å². The number of fused-ring (bicyclic) bond motifs is 1. The van der Waals surface area contributed by atoms with Gasteiger partial charge in [-0.1, -0.05) is 30.3 Å². The van der Waals surface area contributed by atoms with Crippen molar-refractivity contribution in [2.45, 2.75) is 12.0 Å². The summed E-state index contributed by atoms with van der Waals surface area (Å²) in [5.41, 5.74) is 6.73. The fraction of sp³-hybridized carbons (Fsp3) is 0.500. The van der Waals surface area contributed by atoms with Gasteiger partial charge in [0.25, 0.3) is 0 Å². The Morgan fingerprint density at radius 3 is 2.55 bits per heavy atom. The molecular weight excluding hydrogens is 282 g/mol. The van der Waals surface area contributed by atoms with Gasteiger partial charge in [0.1, 0.15) is 0 Å². The highest BCUT2D eigenvalue weighted by Gasteiger charge is 2.47. The number of carbonyl (C=O) groups is 2. The Bertz CT molecular complexity index is 563. The summed E-state index contributed by atoms with van der Waals surface area (Å²) >= 11 is 0. The summed E-state index contributed by atoms with van der Waals surface area (Å²) in [6, 6.07) is 10.1. The van der Waals surface area contributed by atoms with Crippen molar-refractivity contribution in [3.8, 4) is 0 Å². The second-order valence-corrected chi connectivity index (χ2v) is 5.92. The molecule has 0 radical (unpaired) electrons. The number of ether oxygens (including phenoxy) is 1. The Kier molecular flexibility index (Phi) is 4.02. The van der Waals surface area contributed by atoms with Crippen molar-refractivity contribution in [1.82, 2.24) is 9.80 Å². The van der Waals surface area contributed by atoms with Gasteiger partial charge in [-0.25, -0.2) is 4.79 Å². The summed E-state index contributed by atoms with van der Waals surface area (Å²) in [4.78, 5) is 27.7. The lowest BCUT2D eigenvalue weighted by Gasteiger charge is -2.38. The average molecular weight is 303 g/mol. The van der Waals surface area contributed by atoms with Gasteiger partial charge in [0.15, 0.2) is 0 Å². The average Bonchev–Trinajstić information content (AvgIpc) is 2.93. The lowest BCUT2D eigenvalue weighted by Crippen LogP contribution is -2.53. The first-order chi connectivity index (χ1) is 10.6. The topological polar surface area (TPSA) is 75.9 Å². The first-order valence-electron chi connectivity index (χ1n) is 7.53. The van der Waals surface area contributed by atoms with Gasteiger partial charge in [-0.3, -0.25) is 9.69 Å². The number of rotatable bonds is 2. The molecule has 2 amide bonds. The van der Waals surface area contributed by atoms with E-state index in [1.165, 1.54) is 7.11 Å². The lowest BCUT2D eigenvalue weighted by molar-refractivity contribution is -0.121. The van der Waals surface area contributed by atoms with Crippen LogP contribution in [-0.4, -0.2) is 61.1 Å². The zero-order valence-corrected chi connectivity index (χ0v) is 12.6. The molecule has 1 aromatic carbocycles. The fourth-order valence-electron chi connectivity index (χ4n) is 3.74. The van der Waals surface area contributed by atoms with E-state index >= 15 is 0 Å². The molecule has 2 saturated heterocycles. The van der Waals surface area contributed by atoms with E-state index in [4.69, 9.17) is 10.5 Å². The van der Waals surface area contributed by atoms with E-state index in [2.05, 4.69) is 4.90 Å². The van der Waals surface area contributed by atoms with Gasteiger partial charge in [-0.15, -0.1) is 0 Å². The van der Waals surface area contributed by atoms with Crippen molar-refractivity contribution in [2.75, 3.05) is 33.3 Å². The molecule has 2 heterocycles. The molecule has 0 aromatic heterocycles. The number of nitrogens with two attached hydrogens (primary N) is 1. The van der Waals surface area contributed by atoms with Crippen LogP contribution in [-0.2, 0) is 9.53 Å². The Balaban J connectivity index is 1.89. The summed E-state index contributed by atoms with van der Waals surface area (Å²) in [7, 11) is 1.39. The third-order valence-electron chi connectivity index (χ3n) is 4.80. The highest BCUT2D eigenvalue weighted by atomic mass is 16.5. The van der Waals surface area contributed by atoms with Crippen LogP contribution in [0.3, 0.4) is 0 Å². The van der Waals surface area contributed by atoms with Gasteiger partial charge >= 0.3 is 6.09 Å². The summed E-state index contributed by atoms with van der Waals surface area (Å²) in [6.45, 7) is 2.59. The number of carbonyl (C=O) groups excluding carboxylic acids is 2. The molecule has 6 heteroatoms. The minimum Gasteiger partial charge on any atom is -0.453 e. The number of primary amides is 1. The van der Waals surface area contributed by atoms with Crippen LogP contribution in [0.25, 0.3) is 0 Å². The van der Waals surface area contributed by atoms with Gasteiger partial charge in [0.05, 0.1) is 13.0 Å². The predicted octanol–water partition coefficient (Wildman–Crippen LogP) is 0.638. The third kappa shape index (κ3) is 2.54. The van der Waals surface area contributed by atoms with E-state index < -0.39 is 0 Å². The molecule has 2 aliphatic rings. The molecule has 2 N–H and O–H groups in total. The van der Waals surface area contributed by atoms with E-state index in [-0.39, 0.29) is 29.9 Å². The largest absolute Gasteiger partial charge is 0.453 e. The van der Waals surface area contributed by atoms with E-state index in [9.17, 15) is 9.59 Å². The molecule has 2 fully saturated rings. The molecule has 2 aliphatic heterocycles. The minimum atomic E-state index is -0.311. The van der Waals surface area contributed by atoms with E-state index in [1.54, 1.807) is 4.90 Å². The van der Waals surface area contributed by atoms with Crippen LogP contribution in [0.4, 0.5) is 4.79 Å². The van der Waals surface area contributed by atoms with Gasteiger partial charge < -0.3 is 15.4 Å². The van der Waals surface area contributed by atoms with Gasteiger partial charge in [0.2, 0.25) is 5.91 Å². The van der Waals surface area contributed by atoms with Gasteiger partial charge in [-0.2, -0.15) is 0 Å². The number of piperazine rings is 1. The minimum absolute atomic E-state index is 0.0196. The van der Waals surface area contributed by atoms with Crippen LogP contribution in [0.1, 0.15) is 11.5 Å². The maximum atomic E-state index is 11.9. The number of methoxy groups -OCH3 is 1. The van der Waals surface area contributed by atoms with Crippen LogP contribution in [0.2, 0.25) is 0 Å². The monoisotopic (exact) mass is 303 g/mol. The smallest absolute Gasteiger partial charge is 0.409 e. The molecule has 3 atom stereocenters. The number of hydrogen-bond acceptors (Lipinski definition) is 4. The van der Waals surface area contributed by atoms with Crippen LogP contribution in [0.15, 0.2) is 30.3 Å². The Morgan fingerprint density at radius 2 is 1.91 bits per heavy atom. The Morgan fingerprint density at radius 1 is 1.18 bits per heavy atom. The standard InChI is InChI=1S/C16H21N3O3/c1-22-16(21)19-8-7-18-9-12(15(17)20)14(13(18)10-19)11-5-3-2-4-6-11/h2-6,12-14H,7-10H2,1H3,(H2,17,20)/t12-,13-,14+/m1/s1. The zero-order chi connectivity index (χ0) is 15.7. The number of hydrogen-bond donors (Lipinski definition) is 1. The fourth-order valence-corrected chi connectivity index (χ4v) is 3.74. The molecule has 0 bridgehead atoms. The molecule has 0 saturated carbocycles. The molecule has 1 aromatic rings. The summed E-state index contributed by atoms with van der Waals surface area (Å²) in [6.07, 6.45) is -0.311. The molecule has 3 rings (SSSR count). The quantitative estimate of drug-likeness (QED) is 0.870. The summed E-state index contributed by atoms with van der Waals surface area (Å²) in [5, 5.41) is 0. The zero-order valence-electron chi connectivity index (χ0n) is 12.6. The molecular formula is C16H21N3O3. The number of amides is 2. The molecule has 0 aliphatic carbocycles. The van der Waals surface area contributed by atoms with Crippen molar-refractivity contribution in [3.05, 3.63) is 35.9 Å². The molecule has 118 valence electrons. The Hall–Kier alpha value is -2.08. The summed E-state index contributed by atoms with van der Waals surface area (Å²) in [5.74, 6) is -0.468. The second kappa shape index (κ2) is 5.96. The first kappa shape index (κ1) is 14.8. The van der Waals surface area contributed by atoms with Crippen molar-refractivity contribution in [1.29, 1.82) is 0 Å². The van der Waals surface area contributed by atoms with Crippen molar-refractivity contribution < 1.29 is 14.3 Å². The van der Waals surface area contributed by atoms with E-state index in [0.29, 0.717) is 19.6 Å². The normalized spacial score (nSPS) is 28.2. The second-order valence-electron chi connectivity index (χ2n) is 5.92. The molecule has 6 nitrogen and oxygen atoms in total. The van der Waals surface area contributed by atoms with Crippen LogP contribution >= 0.6 is 0 Å². The van der Waals surface area contributed by atoms with Crippen LogP contribution in [0, 0.1) is 5.92 Å². The van der Waals surface area contributed by atoms with Crippen LogP contribution in [0.5, 0.6) is 0 Å². The predicted molar refractivity (Wildman–Crippen MR) is 81.2 cm³/mol.